The first-order chi connectivity index (χ1) is 29.8. The molecule has 16 nitrogen and oxygen atoms in total. The number of rotatable bonds is 7. The number of para-hydroxylation sites is 1. The van der Waals surface area contributed by atoms with Crippen LogP contribution in [0.3, 0.4) is 0 Å². The minimum absolute atomic E-state index is 0.0618. The summed E-state index contributed by atoms with van der Waals surface area (Å²) in [6, 6.07) is 23.2. The van der Waals surface area contributed by atoms with Crippen LogP contribution in [0.1, 0.15) is 60.5 Å². The Bertz CT molecular complexity index is 2480. The molecule has 5 amide bonds. The molecule has 3 N–H and O–H groups in total. The van der Waals surface area contributed by atoms with Crippen LogP contribution in [0.5, 0.6) is 11.5 Å². The first-order valence-electron chi connectivity index (χ1n) is 21.4. The average molecular weight is 824 g/mol. The molecule has 61 heavy (non-hydrogen) atoms. The van der Waals surface area contributed by atoms with Crippen LogP contribution in [0.25, 0.3) is 22.3 Å². The number of piperidine rings is 3. The van der Waals surface area contributed by atoms with Gasteiger partial charge in [-0.05, 0) is 92.3 Å². The number of ether oxygens (including phenoxy) is 1. The average Bonchev–Trinajstić information content (AvgIpc) is 3.85. The molecule has 16 heteroatoms. The smallest absolute Gasteiger partial charge is 0.320 e. The van der Waals surface area contributed by atoms with Crippen molar-refractivity contribution in [2.24, 2.45) is 0 Å². The molecule has 0 aliphatic carbocycles. The molecule has 10 rings (SSSR count). The highest BCUT2D eigenvalue weighted by Crippen LogP contribution is 2.36. The van der Waals surface area contributed by atoms with E-state index in [1.165, 1.54) is 6.33 Å². The monoisotopic (exact) mass is 823 g/mol. The molecule has 5 aliphatic heterocycles. The lowest BCUT2D eigenvalue weighted by Crippen LogP contribution is -2.55. The lowest BCUT2D eigenvalue weighted by molar-refractivity contribution is -0.136. The summed E-state index contributed by atoms with van der Waals surface area (Å²) in [7, 11) is 0. The van der Waals surface area contributed by atoms with Crippen molar-refractivity contribution in [3.8, 4) is 22.8 Å². The van der Waals surface area contributed by atoms with Gasteiger partial charge < -0.3 is 30.1 Å². The fourth-order valence-electron chi connectivity index (χ4n) is 9.81. The van der Waals surface area contributed by atoms with E-state index in [9.17, 15) is 19.2 Å². The van der Waals surface area contributed by atoms with Crippen molar-refractivity contribution in [3.05, 3.63) is 90.3 Å². The zero-order chi connectivity index (χ0) is 41.6. The van der Waals surface area contributed by atoms with Crippen LogP contribution in [-0.4, -0.2) is 128 Å². The van der Waals surface area contributed by atoms with E-state index >= 15 is 0 Å². The van der Waals surface area contributed by atoms with Crippen molar-refractivity contribution in [3.63, 3.8) is 0 Å². The van der Waals surface area contributed by atoms with Gasteiger partial charge in [0.2, 0.25) is 11.8 Å². The molecule has 5 aliphatic rings. The van der Waals surface area contributed by atoms with E-state index in [0.717, 1.165) is 87.5 Å². The number of fused-ring (bicyclic) bond motifs is 2. The second-order valence-electron chi connectivity index (χ2n) is 16.7. The van der Waals surface area contributed by atoms with Gasteiger partial charge in [-0.1, -0.05) is 18.2 Å². The van der Waals surface area contributed by atoms with Gasteiger partial charge in [-0.15, -0.1) is 0 Å². The number of carbonyl (C=O) groups excluding carboxylic acids is 4. The third-order valence-corrected chi connectivity index (χ3v) is 13.1. The number of nitrogen functional groups attached to an aromatic ring is 1. The Morgan fingerprint density at radius 1 is 0.787 bits per heavy atom. The summed E-state index contributed by atoms with van der Waals surface area (Å²) in [5.74, 6) is 1.01. The highest BCUT2D eigenvalue weighted by molar-refractivity contribution is 6.05. The van der Waals surface area contributed by atoms with E-state index in [-0.39, 0.29) is 30.3 Å². The van der Waals surface area contributed by atoms with Gasteiger partial charge in [-0.2, -0.15) is 5.10 Å². The molecule has 0 bridgehead atoms. The second-order valence-corrected chi connectivity index (χ2v) is 16.7. The lowest BCUT2D eigenvalue weighted by atomic mass is 10.0. The number of hydrogen-bond donors (Lipinski definition) is 2. The Labute approximate surface area is 353 Å². The Balaban J connectivity index is 0.740. The molecule has 4 fully saturated rings. The lowest BCUT2D eigenvalue weighted by Gasteiger charge is -2.44. The van der Waals surface area contributed by atoms with Crippen molar-refractivity contribution >= 4 is 46.3 Å². The van der Waals surface area contributed by atoms with Crippen LogP contribution in [0.2, 0.25) is 0 Å². The first kappa shape index (κ1) is 38.6. The molecule has 3 aromatic carbocycles. The third kappa shape index (κ3) is 7.49. The highest BCUT2D eigenvalue weighted by Gasteiger charge is 2.40. The van der Waals surface area contributed by atoms with Gasteiger partial charge in [0, 0.05) is 88.2 Å². The van der Waals surface area contributed by atoms with E-state index in [1.54, 1.807) is 4.90 Å². The number of piperazine rings is 1. The Morgan fingerprint density at radius 3 is 2.33 bits per heavy atom. The molecule has 314 valence electrons. The van der Waals surface area contributed by atoms with Crippen molar-refractivity contribution in [1.29, 1.82) is 0 Å². The summed E-state index contributed by atoms with van der Waals surface area (Å²) in [5, 5.41) is 8.17. The number of anilines is 2. The summed E-state index contributed by atoms with van der Waals surface area (Å²) in [4.78, 5) is 70.9. The largest absolute Gasteiger partial charge is 0.457 e. The molecule has 4 saturated heterocycles. The van der Waals surface area contributed by atoms with E-state index < -0.39 is 11.9 Å². The van der Waals surface area contributed by atoms with E-state index in [4.69, 9.17) is 15.6 Å². The minimum Gasteiger partial charge on any atom is -0.457 e. The van der Waals surface area contributed by atoms with E-state index in [0.29, 0.717) is 66.0 Å². The number of benzene rings is 3. The van der Waals surface area contributed by atoms with Crippen LogP contribution in [0.15, 0.2) is 79.1 Å². The van der Waals surface area contributed by atoms with Gasteiger partial charge in [0.15, 0.2) is 5.65 Å². The fraction of sp³-hybridized carbons (Fsp3) is 0.400. The van der Waals surface area contributed by atoms with Crippen molar-refractivity contribution in [2.45, 2.75) is 63.2 Å². The second kappa shape index (κ2) is 16.1. The van der Waals surface area contributed by atoms with Gasteiger partial charge in [0.05, 0.1) is 11.4 Å². The fourth-order valence-corrected chi connectivity index (χ4v) is 9.81. The maximum absolute atomic E-state index is 14.0. The SMILES string of the molecule is Nc1ncnc2c1c(-c1ccc(Oc3ccccc3)cc1)nn2C1CCCN(C(=O)N2CCC(N3CCN(c4ccc5c(c4)CN(C4CCC(=O)NC4=O)C5=O)CC3)CC2)C1. The molecular formula is C45H49N11O5. The summed E-state index contributed by atoms with van der Waals surface area (Å²) in [5.41, 5.74) is 11.3. The molecule has 0 saturated carbocycles. The number of aromatic nitrogens is 4. The number of amides is 5. The van der Waals surface area contributed by atoms with Crippen molar-refractivity contribution in [1.82, 2.24) is 44.7 Å². The number of urea groups is 1. The zero-order valence-electron chi connectivity index (χ0n) is 34.0. The molecule has 0 spiro atoms. The summed E-state index contributed by atoms with van der Waals surface area (Å²) in [6.45, 7) is 6.63. The van der Waals surface area contributed by atoms with E-state index in [2.05, 4.69) is 31.2 Å². The van der Waals surface area contributed by atoms with Gasteiger partial charge in [-0.3, -0.25) is 24.6 Å². The first-order valence-corrected chi connectivity index (χ1v) is 21.4. The van der Waals surface area contributed by atoms with E-state index in [1.807, 2.05) is 81.2 Å². The van der Waals surface area contributed by atoms with Crippen LogP contribution in [0, 0.1) is 0 Å². The van der Waals surface area contributed by atoms with Gasteiger partial charge >= 0.3 is 6.03 Å². The summed E-state index contributed by atoms with van der Waals surface area (Å²) < 4.78 is 7.96. The number of imide groups is 1. The molecule has 2 atom stereocenters. The molecule has 0 radical (unpaired) electrons. The number of hydrogen-bond acceptors (Lipinski definition) is 11. The number of nitrogens with zero attached hydrogens (tertiary/aromatic N) is 9. The van der Waals surface area contributed by atoms with Crippen LogP contribution < -0.4 is 20.7 Å². The highest BCUT2D eigenvalue weighted by atomic mass is 16.5. The summed E-state index contributed by atoms with van der Waals surface area (Å²) in [6.07, 6.45) is 5.65. The molecule has 2 unspecified atom stereocenters. The Hall–Kier alpha value is -6.55. The van der Waals surface area contributed by atoms with Gasteiger partial charge in [0.25, 0.3) is 5.91 Å². The predicted octanol–water partition coefficient (Wildman–Crippen LogP) is 4.67. The van der Waals surface area contributed by atoms with Crippen LogP contribution >= 0.6 is 0 Å². The molecular weight excluding hydrogens is 775 g/mol. The standard InChI is InChI=1S/C45H49N11O5/c46-41-39-40(29-8-11-35(12-9-29)61-34-6-2-1-3-7-34)50-56(42(39)48-28-47-41)33-5-4-18-54(27-33)45(60)53-19-16-31(17-20-53)51-21-23-52(24-22-51)32-10-13-36-30(25-32)26-55(44(36)59)37-14-15-38(57)49-43(37)58/h1-3,6-13,25,28,31,33,37H,4-5,14-24,26-27H2,(H2,46,47,48)(H,49,57,58). The zero-order valence-corrected chi connectivity index (χ0v) is 34.0. The van der Waals surface area contributed by atoms with Gasteiger partial charge in [0.1, 0.15) is 35.4 Å². The summed E-state index contributed by atoms with van der Waals surface area (Å²) >= 11 is 0. The molecule has 5 aromatic rings. The maximum atomic E-state index is 14.0. The Morgan fingerprint density at radius 2 is 1.56 bits per heavy atom. The molecule has 2 aromatic heterocycles. The van der Waals surface area contributed by atoms with Crippen molar-refractivity contribution < 1.29 is 23.9 Å². The number of likely N-dealkylation sites (tertiary alicyclic amines) is 2. The van der Waals surface area contributed by atoms with Crippen molar-refractivity contribution in [2.75, 3.05) is 63.0 Å². The number of nitrogens with two attached hydrogens (primary N) is 1. The predicted molar refractivity (Wildman–Crippen MR) is 228 cm³/mol. The minimum atomic E-state index is -0.618. The van der Waals surface area contributed by atoms with Crippen LogP contribution in [-0.2, 0) is 16.1 Å². The normalized spacial score (nSPS) is 21.5. The quantitative estimate of drug-likeness (QED) is 0.218. The molecule has 7 heterocycles. The third-order valence-electron chi connectivity index (χ3n) is 13.1. The maximum Gasteiger partial charge on any atom is 0.320 e. The van der Waals surface area contributed by atoms with Gasteiger partial charge in [-0.25, -0.2) is 19.4 Å². The Kier molecular flexibility index (Phi) is 10.2. The number of nitrogens with one attached hydrogen (secondary N) is 1. The van der Waals surface area contributed by atoms with Crippen LogP contribution in [0.4, 0.5) is 16.3 Å². The number of carbonyl (C=O) groups is 4. The topological polar surface area (TPSA) is 175 Å².